The van der Waals surface area contributed by atoms with Gasteiger partial charge in [-0.05, 0) is 59.6 Å². The zero-order valence-electron chi connectivity index (χ0n) is 14.8. The molecule has 25 heavy (non-hydrogen) atoms. The van der Waals surface area contributed by atoms with E-state index in [-0.39, 0.29) is 17.1 Å². The summed E-state index contributed by atoms with van der Waals surface area (Å²) in [4.78, 5) is 26.3. The number of thioether (sulfide) groups is 1. The summed E-state index contributed by atoms with van der Waals surface area (Å²) in [6.45, 7) is 9.20. The Morgan fingerprint density at radius 2 is 1.80 bits per heavy atom. The largest absolute Gasteiger partial charge is 0.493 e. The molecule has 1 aliphatic heterocycles. The lowest BCUT2D eigenvalue weighted by Gasteiger charge is -2.14. The van der Waals surface area contributed by atoms with E-state index in [9.17, 15) is 9.59 Å². The monoisotopic (exact) mass is 427 g/mol. The Labute approximate surface area is 160 Å². The zero-order chi connectivity index (χ0) is 18.6. The van der Waals surface area contributed by atoms with Crippen molar-refractivity contribution in [1.29, 1.82) is 0 Å². The summed E-state index contributed by atoms with van der Waals surface area (Å²) in [7, 11) is 0. The van der Waals surface area contributed by atoms with Crippen molar-refractivity contribution in [3.63, 3.8) is 0 Å². The van der Waals surface area contributed by atoms with E-state index in [1.165, 1.54) is 4.90 Å². The van der Waals surface area contributed by atoms with Crippen molar-refractivity contribution in [2.75, 3.05) is 19.8 Å². The molecule has 0 aliphatic carbocycles. The molecule has 1 heterocycles. The number of benzene rings is 1. The highest BCUT2D eigenvalue weighted by molar-refractivity contribution is 9.10. The van der Waals surface area contributed by atoms with Gasteiger partial charge in [0, 0.05) is 18.2 Å². The minimum Gasteiger partial charge on any atom is -0.493 e. The predicted octanol–water partition coefficient (Wildman–Crippen LogP) is 4.94. The van der Waals surface area contributed by atoms with E-state index in [4.69, 9.17) is 9.47 Å². The van der Waals surface area contributed by atoms with Gasteiger partial charge in [-0.25, -0.2) is 0 Å². The lowest BCUT2D eigenvalue weighted by molar-refractivity contribution is -0.123. The van der Waals surface area contributed by atoms with Crippen LogP contribution < -0.4 is 9.47 Å². The summed E-state index contributed by atoms with van der Waals surface area (Å²) < 4.78 is 12.0. The van der Waals surface area contributed by atoms with Crippen LogP contribution in [-0.4, -0.2) is 35.8 Å². The first-order chi connectivity index (χ1) is 11.9. The number of carbonyl (C=O) groups is 2. The van der Waals surface area contributed by atoms with Gasteiger partial charge in [0.15, 0.2) is 0 Å². The second-order valence-electron chi connectivity index (χ2n) is 5.87. The highest BCUT2D eigenvalue weighted by Crippen LogP contribution is 2.38. The van der Waals surface area contributed by atoms with E-state index < -0.39 is 0 Å². The van der Waals surface area contributed by atoms with E-state index in [1.54, 1.807) is 12.1 Å². The van der Waals surface area contributed by atoms with E-state index in [2.05, 4.69) is 15.9 Å². The first kappa shape index (κ1) is 19.8. The van der Waals surface area contributed by atoms with Crippen LogP contribution in [0.1, 0.15) is 33.3 Å². The maximum atomic E-state index is 12.5. The maximum absolute atomic E-state index is 12.5. The Morgan fingerprint density at radius 1 is 1.16 bits per heavy atom. The SMILES string of the molecule is CCOc1cc(OCC)c(/C=C2/SC(=O)N(CC(C)C)C2=O)cc1Br. The van der Waals surface area contributed by atoms with Crippen LogP contribution in [0.15, 0.2) is 21.5 Å². The van der Waals surface area contributed by atoms with Gasteiger partial charge in [-0.3, -0.25) is 14.5 Å². The fourth-order valence-electron chi connectivity index (χ4n) is 2.37. The fraction of sp³-hybridized carbons (Fsp3) is 0.444. The molecule has 136 valence electrons. The third kappa shape index (κ3) is 4.79. The summed E-state index contributed by atoms with van der Waals surface area (Å²) in [6, 6.07) is 3.63. The molecule has 7 heteroatoms. The van der Waals surface area contributed by atoms with Crippen LogP contribution in [0, 0.1) is 5.92 Å². The molecule has 0 saturated carbocycles. The first-order valence-electron chi connectivity index (χ1n) is 8.21. The summed E-state index contributed by atoms with van der Waals surface area (Å²) in [5.41, 5.74) is 0.729. The Kier molecular flexibility index (Phi) is 6.95. The normalized spacial score (nSPS) is 16.2. The Balaban J connectivity index is 2.38. The molecule has 0 aromatic heterocycles. The van der Waals surface area contributed by atoms with Crippen LogP contribution in [0.4, 0.5) is 4.79 Å². The average molecular weight is 428 g/mol. The molecular weight excluding hydrogens is 406 g/mol. The number of carbonyl (C=O) groups excluding carboxylic acids is 2. The van der Waals surface area contributed by atoms with Gasteiger partial charge in [0.25, 0.3) is 11.1 Å². The molecule has 0 radical (unpaired) electrons. The number of nitrogens with zero attached hydrogens (tertiary/aromatic N) is 1. The first-order valence-corrected chi connectivity index (χ1v) is 9.82. The molecule has 0 unspecified atom stereocenters. The van der Waals surface area contributed by atoms with Gasteiger partial charge in [-0.1, -0.05) is 13.8 Å². The van der Waals surface area contributed by atoms with Crippen LogP contribution in [0.5, 0.6) is 11.5 Å². The topological polar surface area (TPSA) is 55.8 Å². The van der Waals surface area contributed by atoms with Gasteiger partial charge >= 0.3 is 0 Å². The van der Waals surface area contributed by atoms with E-state index in [0.29, 0.717) is 36.2 Å². The van der Waals surface area contributed by atoms with Gasteiger partial charge in [-0.2, -0.15) is 0 Å². The van der Waals surface area contributed by atoms with Crippen LogP contribution in [0.2, 0.25) is 0 Å². The molecule has 0 atom stereocenters. The molecule has 0 N–H and O–H groups in total. The van der Waals surface area contributed by atoms with Crippen molar-refractivity contribution in [2.24, 2.45) is 5.92 Å². The van der Waals surface area contributed by atoms with Gasteiger partial charge in [-0.15, -0.1) is 0 Å². The van der Waals surface area contributed by atoms with Crippen LogP contribution in [0.3, 0.4) is 0 Å². The minimum atomic E-state index is -0.254. The second kappa shape index (κ2) is 8.76. The molecule has 1 aromatic rings. The Morgan fingerprint density at radius 3 is 2.40 bits per heavy atom. The highest BCUT2D eigenvalue weighted by Gasteiger charge is 2.35. The number of halogens is 1. The Hall–Kier alpha value is -1.47. The minimum absolute atomic E-state index is 0.228. The molecule has 1 aliphatic rings. The van der Waals surface area contributed by atoms with Crippen LogP contribution in [-0.2, 0) is 4.79 Å². The number of hydrogen-bond acceptors (Lipinski definition) is 5. The molecule has 2 rings (SSSR count). The summed E-state index contributed by atoms with van der Waals surface area (Å²) >= 11 is 4.44. The van der Waals surface area contributed by atoms with Crippen molar-refractivity contribution in [3.8, 4) is 11.5 Å². The molecular formula is C18H22BrNO4S. The quantitative estimate of drug-likeness (QED) is 0.576. The fourth-order valence-corrected chi connectivity index (χ4v) is 3.69. The molecule has 2 amide bonds. The van der Waals surface area contributed by atoms with Gasteiger partial charge in [0.1, 0.15) is 11.5 Å². The third-order valence-electron chi connectivity index (χ3n) is 3.37. The third-order valence-corrected chi connectivity index (χ3v) is 4.90. The van der Waals surface area contributed by atoms with Crippen molar-refractivity contribution in [3.05, 3.63) is 27.1 Å². The van der Waals surface area contributed by atoms with Crippen LogP contribution >= 0.6 is 27.7 Å². The van der Waals surface area contributed by atoms with Crippen molar-refractivity contribution >= 4 is 44.9 Å². The number of ether oxygens (including phenoxy) is 2. The van der Waals surface area contributed by atoms with Gasteiger partial charge in [0.2, 0.25) is 0 Å². The van der Waals surface area contributed by atoms with E-state index in [1.807, 2.05) is 33.8 Å². The maximum Gasteiger partial charge on any atom is 0.293 e. The molecule has 5 nitrogen and oxygen atoms in total. The standard InChI is InChI=1S/C18H22BrNO4S/c1-5-23-14-9-15(24-6-2)13(19)7-12(14)8-16-17(21)20(10-11(3)4)18(22)25-16/h7-9,11H,5-6,10H2,1-4H3/b16-8+. The smallest absolute Gasteiger partial charge is 0.293 e. The molecule has 1 aromatic carbocycles. The molecule has 0 bridgehead atoms. The summed E-state index contributed by atoms with van der Waals surface area (Å²) in [5.74, 6) is 1.27. The number of amides is 2. The summed E-state index contributed by atoms with van der Waals surface area (Å²) in [5, 5.41) is -0.229. The Bertz CT molecular complexity index is 703. The zero-order valence-corrected chi connectivity index (χ0v) is 17.2. The number of rotatable bonds is 7. The van der Waals surface area contributed by atoms with Gasteiger partial charge < -0.3 is 9.47 Å². The lowest BCUT2D eigenvalue weighted by atomic mass is 10.1. The van der Waals surface area contributed by atoms with Crippen molar-refractivity contribution in [1.82, 2.24) is 4.90 Å². The number of hydrogen-bond donors (Lipinski definition) is 0. The highest BCUT2D eigenvalue weighted by atomic mass is 79.9. The van der Waals surface area contributed by atoms with Crippen LogP contribution in [0.25, 0.3) is 6.08 Å². The van der Waals surface area contributed by atoms with Gasteiger partial charge in [0.05, 0.1) is 22.6 Å². The van der Waals surface area contributed by atoms with Crippen molar-refractivity contribution < 1.29 is 19.1 Å². The second-order valence-corrected chi connectivity index (χ2v) is 7.72. The molecule has 1 fully saturated rings. The average Bonchev–Trinajstić information content (AvgIpc) is 2.79. The number of imide groups is 1. The predicted molar refractivity (Wildman–Crippen MR) is 104 cm³/mol. The van der Waals surface area contributed by atoms with Crippen molar-refractivity contribution in [2.45, 2.75) is 27.7 Å². The molecule has 1 saturated heterocycles. The van der Waals surface area contributed by atoms with E-state index in [0.717, 1.165) is 21.8 Å². The molecule has 0 spiro atoms. The lowest BCUT2D eigenvalue weighted by Crippen LogP contribution is -2.31. The van der Waals surface area contributed by atoms with E-state index >= 15 is 0 Å². The summed E-state index contributed by atoms with van der Waals surface area (Å²) in [6.07, 6.45) is 1.71.